The van der Waals surface area contributed by atoms with Crippen LogP contribution in [-0.4, -0.2) is 42.5 Å². The molecule has 0 radical (unpaired) electrons. The molecule has 0 aliphatic carbocycles. The number of aldehydes is 1. The molecule has 1 heterocycles. The lowest BCUT2D eigenvalue weighted by Gasteiger charge is -2.33. The fourth-order valence-corrected chi connectivity index (χ4v) is 2.27. The van der Waals surface area contributed by atoms with Crippen molar-refractivity contribution < 1.29 is 23.9 Å². The largest absolute Gasteiger partial charge is 0.467 e. The molecule has 1 aromatic carbocycles. The SMILES string of the molecule is COC(=O)[C@](C)(C=O)N1C(=O)OC[C@@H]1c1ccccc1. The maximum Gasteiger partial charge on any atom is 0.411 e. The first-order valence-corrected chi connectivity index (χ1v) is 6.10. The van der Waals surface area contributed by atoms with Crippen LogP contribution in [0.4, 0.5) is 4.79 Å². The van der Waals surface area contributed by atoms with Gasteiger partial charge in [-0.15, -0.1) is 0 Å². The molecule has 0 N–H and O–H groups in total. The van der Waals surface area contributed by atoms with Gasteiger partial charge in [-0.25, -0.2) is 9.59 Å². The molecule has 1 aliphatic heterocycles. The van der Waals surface area contributed by atoms with E-state index in [0.29, 0.717) is 6.29 Å². The summed E-state index contributed by atoms with van der Waals surface area (Å²) >= 11 is 0. The highest BCUT2D eigenvalue weighted by atomic mass is 16.6. The third-order valence-electron chi connectivity index (χ3n) is 3.39. The van der Waals surface area contributed by atoms with Crippen LogP contribution in [0.3, 0.4) is 0 Å². The zero-order valence-corrected chi connectivity index (χ0v) is 11.2. The first-order valence-electron chi connectivity index (χ1n) is 6.10. The molecule has 1 aliphatic rings. The molecule has 1 fully saturated rings. The van der Waals surface area contributed by atoms with E-state index < -0.39 is 23.6 Å². The molecule has 6 heteroatoms. The Labute approximate surface area is 116 Å². The van der Waals surface area contributed by atoms with Crippen molar-refractivity contribution in [2.75, 3.05) is 13.7 Å². The number of carbonyl (C=O) groups is 3. The van der Waals surface area contributed by atoms with E-state index in [2.05, 4.69) is 4.74 Å². The number of carbonyl (C=O) groups excluding carboxylic acids is 3. The molecule has 0 unspecified atom stereocenters. The number of esters is 1. The Balaban J connectivity index is 2.43. The van der Waals surface area contributed by atoms with Gasteiger partial charge in [-0.05, 0) is 12.5 Å². The summed E-state index contributed by atoms with van der Waals surface area (Å²) in [7, 11) is 1.17. The number of nitrogens with zero attached hydrogens (tertiary/aromatic N) is 1. The Morgan fingerprint density at radius 3 is 2.65 bits per heavy atom. The first-order chi connectivity index (χ1) is 9.54. The molecule has 0 aromatic heterocycles. The van der Waals surface area contributed by atoms with Crippen molar-refractivity contribution in [2.24, 2.45) is 0 Å². The molecule has 1 aromatic rings. The minimum Gasteiger partial charge on any atom is -0.467 e. The van der Waals surface area contributed by atoms with E-state index in [4.69, 9.17) is 4.74 Å². The van der Waals surface area contributed by atoms with E-state index in [-0.39, 0.29) is 6.61 Å². The second kappa shape index (κ2) is 5.32. The third kappa shape index (κ3) is 2.13. The highest BCUT2D eigenvalue weighted by Gasteiger charge is 2.51. The van der Waals surface area contributed by atoms with Crippen molar-refractivity contribution in [3.63, 3.8) is 0 Å². The Bertz CT molecular complexity index is 530. The molecule has 0 bridgehead atoms. The van der Waals surface area contributed by atoms with Crippen LogP contribution in [0.15, 0.2) is 30.3 Å². The molecule has 20 heavy (non-hydrogen) atoms. The number of cyclic esters (lactones) is 1. The molecule has 2 atom stereocenters. The Morgan fingerprint density at radius 2 is 2.10 bits per heavy atom. The van der Waals surface area contributed by atoms with Crippen LogP contribution < -0.4 is 0 Å². The lowest BCUT2D eigenvalue weighted by molar-refractivity contribution is -0.155. The number of benzene rings is 1. The van der Waals surface area contributed by atoms with Gasteiger partial charge in [0, 0.05) is 0 Å². The minimum atomic E-state index is -1.71. The summed E-state index contributed by atoms with van der Waals surface area (Å²) in [5.74, 6) is -0.799. The van der Waals surface area contributed by atoms with Crippen molar-refractivity contribution in [3.8, 4) is 0 Å². The first kappa shape index (κ1) is 14.0. The summed E-state index contributed by atoms with van der Waals surface area (Å²) in [5, 5.41) is 0. The predicted molar refractivity (Wildman–Crippen MR) is 68.9 cm³/mol. The fraction of sp³-hybridized carbons (Fsp3) is 0.357. The van der Waals surface area contributed by atoms with Gasteiger partial charge in [-0.1, -0.05) is 30.3 Å². The van der Waals surface area contributed by atoms with Crippen LogP contribution in [0.5, 0.6) is 0 Å². The van der Waals surface area contributed by atoms with E-state index in [0.717, 1.165) is 10.5 Å². The van der Waals surface area contributed by atoms with E-state index in [1.807, 2.05) is 30.3 Å². The summed E-state index contributed by atoms with van der Waals surface area (Å²) in [4.78, 5) is 36.3. The predicted octanol–water partition coefficient (Wildman–Crippen LogP) is 1.31. The van der Waals surface area contributed by atoms with Crippen LogP contribution in [0.1, 0.15) is 18.5 Å². The summed E-state index contributed by atoms with van der Waals surface area (Å²) in [6.45, 7) is 1.43. The monoisotopic (exact) mass is 277 g/mol. The van der Waals surface area contributed by atoms with E-state index >= 15 is 0 Å². The average Bonchev–Trinajstić information content (AvgIpc) is 2.88. The van der Waals surface area contributed by atoms with Crippen LogP contribution in [0.25, 0.3) is 0 Å². The maximum absolute atomic E-state index is 11.9. The van der Waals surface area contributed by atoms with Gasteiger partial charge in [0.15, 0.2) is 11.8 Å². The Kier molecular flexibility index (Phi) is 3.74. The molecule has 6 nitrogen and oxygen atoms in total. The van der Waals surface area contributed by atoms with Crippen molar-refractivity contribution in [1.29, 1.82) is 0 Å². The van der Waals surface area contributed by atoms with Gasteiger partial charge >= 0.3 is 12.1 Å². The molecule has 1 amide bonds. The van der Waals surface area contributed by atoms with Crippen molar-refractivity contribution in [2.45, 2.75) is 18.5 Å². The Hall–Kier alpha value is -2.37. The quantitative estimate of drug-likeness (QED) is 0.471. The smallest absolute Gasteiger partial charge is 0.411 e. The number of amides is 1. The van der Waals surface area contributed by atoms with Crippen LogP contribution >= 0.6 is 0 Å². The third-order valence-corrected chi connectivity index (χ3v) is 3.39. The van der Waals surface area contributed by atoms with E-state index in [1.165, 1.54) is 14.0 Å². The minimum absolute atomic E-state index is 0.0866. The highest BCUT2D eigenvalue weighted by Crippen LogP contribution is 2.34. The molecule has 2 rings (SSSR count). The summed E-state index contributed by atoms with van der Waals surface area (Å²) in [6.07, 6.45) is -0.305. The van der Waals surface area contributed by atoms with E-state index in [1.54, 1.807) is 0 Å². The lowest BCUT2D eigenvalue weighted by atomic mass is 9.97. The zero-order valence-electron chi connectivity index (χ0n) is 11.2. The second-order valence-electron chi connectivity index (χ2n) is 4.63. The normalized spacial score (nSPS) is 21.0. The summed E-state index contributed by atoms with van der Waals surface area (Å²) in [6, 6.07) is 8.58. The molecule has 0 spiro atoms. The molecule has 1 saturated heterocycles. The van der Waals surface area contributed by atoms with Gasteiger partial charge in [0.05, 0.1) is 13.2 Å². The van der Waals surface area contributed by atoms with Gasteiger partial charge in [-0.2, -0.15) is 0 Å². The van der Waals surface area contributed by atoms with Gasteiger partial charge in [0.1, 0.15) is 6.61 Å². The highest BCUT2D eigenvalue weighted by molar-refractivity contribution is 6.01. The number of rotatable bonds is 4. The van der Waals surface area contributed by atoms with Gasteiger partial charge in [-0.3, -0.25) is 4.90 Å². The topological polar surface area (TPSA) is 72.9 Å². The molecular formula is C14H15NO5. The van der Waals surface area contributed by atoms with Crippen LogP contribution in [-0.2, 0) is 19.1 Å². The van der Waals surface area contributed by atoms with Crippen molar-refractivity contribution >= 4 is 18.3 Å². The van der Waals surface area contributed by atoms with Crippen LogP contribution in [0, 0.1) is 0 Å². The molecule has 0 saturated carbocycles. The standard InChI is InChI=1S/C14H15NO5/c1-14(9-16,12(17)19-2)15-11(8-20-13(15)18)10-6-4-3-5-7-10/h3-7,9,11H,8H2,1-2H3/t11-,14+/m1/s1. The number of ether oxygens (including phenoxy) is 2. The summed E-state index contributed by atoms with van der Waals surface area (Å²) < 4.78 is 9.63. The van der Waals surface area contributed by atoms with E-state index in [9.17, 15) is 14.4 Å². The fourth-order valence-electron chi connectivity index (χ4n) is 2.27. The van der Waals surface area contributed by atoms with Gasteiger partial charge in [0.25, 0.3) is 0 Å². The number of hydrogen-bond acceptors (Lipinski definition) is 5. The lowest BCUT2D eigenvalue weighted by Crippen LogP contribution is -2.55. The maximum atomic E-state index is 11.9. The number of hydrogen-bond donors (Lipinski definition) is 0. The molecular weight excluding hydrogens is 262 g/mol. The van der Waals surface area contributed by atoms with Gasteiger partial charge in [0.2, 0.25) is 0 Å². The molecule has 106 valence electrons. The van der Waals surface area contributed by atoms with Crippen molar-refractivity contribution in [1.82, 2.24) is 4.90 Å². The Morgan fingerprint density at radius 1 is 1.45 bits per heavy atom. The average molecular weight is 277 g/mol. The summed E-state index contributed by atoms with van der Waals surface area (Å²) in [5.41, 5.74) is -0.918. The van der Waals surface area contributed by atoms with Gasteiger partial charge < -0.3 is 14.3 Å². The zero-order chi connectivity index (χ0) is 14.8. The van der Waals surface area contributed by atoms with Crippen molar-refractivity contribution in [3.05, 3.63) is 35.9 Å². The number of methoxy groups -OCH3 is 1. The van der Waals surface area contributed by atoms with Crippen LogP contribution in [0.2, 0.25) is 0 Å². The second-order valence-corrected chi connectivity index (χ2v) is 4.63.